The van der Waals surface area contributed by atoms with E-state index < -0.39 is 95.4 Å². The van der Waals surface area contributed by atoms with Gasteiger partial charge in [0.1, 0.15) is 30.1 Å². The van der Waals surface area contributed by atoms with E-state index >= 15 is 0 Å². The lowest BCUT2D eigenvalue weighted by atomic mass is 9.79. The number of Topliss-reactive ketones (excluding diaryl/α,β-unsaturated/α-hetero) is 3. The maximum Gasteiger partial charge on any atom is 0.329 e. The highest BCUT2D eigenvalue weighted by Crippen LogP contribution is 2.40. The van der Waals surface area contributed by atoms with Gasteiger partial charge in [0, 0.05) is 80.9 Å². The standard InChI is InChI=1S/C64H85N7O13/c1-10-27-82-63-66-35-47(36-67-63)45-19-16-20-46(32-45)52-37-68-69-71(52)50-25-23-44(31-56(50)81-9)30-49(65)55-34-53(72)40(4)29-42(6)58(74)59(75)57(73)41(5)28-38(2)17-12-11-13-18-39(3)54(80-8)33-48-24-22-43(7)64(79,84-48)60(76)61(77)70-26-15-14-21-51(70)62(78)83-55/h1,11-13,16-20,29,32,35-38,40-41,43-44,48-51,54-56,58-59,74-75,79H,14-15,21-28,30-31,33-34,65H2,2-9H3/b13-11+,17-12+,39-18+,42-29+/t38-,40-,41-,43-,44+,48+,49-,50+,51+,54+,55+,56-,58-,59+,64-/m1/s1. The van der Waals surface area contributed by atoms with Crippen LogP contribution in [0.2, 0.25) is 0 Å². The van der Waals surface area contributed by atoms with E-state index in [1.165, 1.54) is 13.0 Å². The number of terminal acetylenes is 1. The number of ketones is 3. The molecule has 1 amide bonds. The van der Waals surface area contributed by atoms with E-state index in [2.05, 4.69) is 26.2 Å². The summed E-state index contributed by atoms with van der Waals surface area (Å²) in [5, 5.41) is 43.4. The largest absolute Gasteiger partial charge is 0.459 e. The first-order valence-corrected chi connectivity index (χ1v) is 29.5. The van der Waals surface area contributed by atoms with Gasteiger partial charge in [-0.2, -0.15) is 0 Å². The van der Waals surface area contributed by atoms with Crippen LogP contribution in [0.15, 0.2) is 90.5 Å². The van der Waals surface area contributed by atoms with Gasteiger partial charge in [0.2, 0.25) is 5.79 Å². The average Bonchev–Trinajstić information content (AvgIpc) is 2.64. The summed E-state index contributed by atoms with van der Waals surface area (Å²) in [6.07, 6.45) is 19.5. The number of carbonyl (C=O) groups is 5. The van der Waals surface area contributed by atoms with E-state index in [4.69, 9.17) is 35.8 Å². The van der Waals surface area contributed by atoms with Crippen LogP contribution in [0.4, 0.5) is 0 Å². The molecule has 20 nitrogen and oxygen atoms in total. The van der Waals surface area contributed by atoms with Crippen LogP contribution in [0.1, 0.15) is 125 Å². The molecule has 5 heterocycles. The van der Waals surface area contributed by atoms with Crippen molar-refractivity contribution in [2.45, 2.75) is 179 Å². The Kier molecular flexibility index (Phi) is 23.2. The molecule has 1 saturated carbocycles. The Morgan fingerprint density at radius 2 is 1.62 bits per heavy atom. The molecule has 0 unspecified atom stereocenters. The normalized spacial score (nSPS) is 33.7. The zero-order chi connectivity index (χ0) is 60.8. The number of ether oxygens (including phenoxy) is 5. The second-order valence-electron chi connectivity index (χ2n) is 23.5. The van der Waals surface area contributed by atoms with Crippen LogP contribution in [0.5, 0.6) is 6.01 Å². The van der Waals surface area contributed by atoms with Crippen molar-refractivity contribution in [2.24, 2.45) is 35.3 Å². The molecule has 1 aliphatic carbocycles. The lowest BCUT2D eigenvalue weighted by molar-refractivity contribution is -0.265. The predicted octanol–water partition coefficient (Wildman–Crippen LogP) is 6.83. The lowest BCUT2D eigenvalue weighted by Crippen LogP contribution is -2.61. The summed E-state index contributed by atoms with van der Waals surface area (Å²) in [5.74, 6) is -6.57. The van der Waals surface area contributed by atoms with Gasteiger partial charge in [0.15, 0.2) is 12.4 Å². The fraction of sp³-hybridized carbons (Fsp3) is 0.578. The number of benzene rings is 1. The van der Waals surface area contributed by atoms with Crippen LogP contribution in [-0.2, 0) is 42.9 Å². The Morgan fingerprint density at radius 1 is 0.869 bits per heavy atom. The molecule has 2 bridgehead atoms. The molecule has 2 saturated heterocycles. The number of aliphatic hydroxyl groups is 3. The molecule has 15 atom stereocenters. The van der Waals surface area contributed by atoms with Crippen LogP contribution in [0, 0.1) is 41.9 Å². The lowest BCUT2D eigenvalue weighted by Gasteiger charge is -2.42. The van der Waals surface area contributed by atoms with Gasteiger partial charge in [-0.15, -0.1) is 11.5 Å². The number of amides is 1. The highest BCUT2D eigenvalue weighted by molar-refractivity contribution is 6.39. The van der Waals surface area contributed by atoms with E-state index in [0.29, 0.717) is 57.8 Å². The average molecular weight is 1160 g/mol. The Hall–Kier alpha value is -6.57. The fourth-order valence-corrected chi connectivity index (χ4v) is 12.2. The second-order valence-corrected chi connectivity index (χ2v) is 23.5. The number of methoxy groups -OCH3 is 2. The van der Waals surface area contributed by atoms with Gasteiger partial charge in [-0.3, -0.25) is 19.2 Å². The van der Waals surface area contributed by atoms with Gasteiger partial charge < -0.3 is 49.6 Å². The van der Waals surface area contributed by atoms with Crippen molar-refractivity contribution < 1.29 is 63.0 Å². The van der Waals surface area contributed by atoms with Crippen molar-refractivity contribution in [3.05, 3.63) is 90.5 Å². The summed E-state index contributed by atoms with van der Waals surface area (Å²) in [6, 6.07) is 5.62. The number of fused-ring (bicyclic) bond motifs is 3. The van der Waals surface area contributed by atoms with E-state index in [0.717, 1.165) is 32.9 Å². The van der Waals surface area contributed by atoms with E-state index in [1.807, 2.05) is 73.2 Å². The van der Waals surface area contributed by atoms with E-state index in [9.17, 15) is 39.3 Å². The van der Waals surface area contributed by atoms with Crippen LogP contribution in [-0.4, -0.2) is 156 Å². The first-order valence-electron chi connectivity index (χ1n) is 29.5. The summed E-state index contributed by atoms with van der Waals surface area (Å²) < 4.78 is 31.7. The van der Waals surface area contributed by atoms with E-state index in [1.54, 1.807) is 53.6 Å². The molecule has 4 aliphatic rings. The number of hydrogen-bond acceptors (Lipinski definition) is 18. The fourth-order valence-electron chi connectivity index (χ4n) is 12.2. The van der Waals surface area contributed by atoms with Crippen molar-refractivity contribution in [1.82, 2.24) is 29.9 Å². The van der Waals surface area contributed by atoms with Crippen molar-refractivity contribution >= 4 is 29.2 Å². The third-order valence-corrected chi connectivity index (χ3v) is 17.3. The molecule has 20 heteroatoms. The highest BCUT2D eigenvalue weighted by Gasteiger charge is 2.53. The highest BCUT2D eigenvalue weighted by atomic mass is 16.6. The minimum atomic E-state index is -2.49. The minimum absolute atomic E-state index is 0.0230. The van der Waals surface area contributed by atoms with Gasteiger partial charge >= 0.3 is 12.0 Å². The van der Waals surface area contributed by atoms with Crippen LogP contribution in [0.3, 0.4) is 0 Å². The molecule has 2 aromatic heterocycles. The van der Waals surface area contributed by atoms with Gasteiger partial charge in [0.25, 0.3) is 11.7 Å². The molecule has 0 radical (unpaired) electrons. The molecule has 7 rings (SSSR count). The number of allylic oxidation sites excluding steroid dienone is 6. The van der Waals surface area contributed by atoms with Gasteiger partial charge in [-0.25, -0.2) is 19.4 Å². The first kappa shape index (κ1) is 65.0. The number of hydrogen-bond donors (Lipinski definition) is 4. The van der Waals surface area contributed by atoms with Crippen LogP contribution >= 0.6 is 0 Å². The topological polar surface area (TPSA) is 278 Å². The van der Waals surface area contributed by atoms with Crippen molar-refractivity contribution in [3.63, 3.8) is 0 Å². The van der Waals surface area contributed by atoms with E-state index in [-0.39, 0.29) is 68.0 Å². The summed E-state index contributed by atoms with van der Waals surface area (Å²) in [4.78, 5) is 81.2. The number of aliphatic hydroxyl groups excluding tert-OH is 2. The number of rotatable bonds is 10. The summed E-state index contributed by atoms with van der Waals surface area (Å²) >= 11 is 0. The number of carbonyl (C=O) groups excluding carboxylic acids is 5. The second kappa shape index (κ2) is 30.0. The van der Waals surface area contributed by atoms with Crippen molar-refractivity contribution in [1.29, 1.82) is 0 Å². The molecular formula is C64H85N7O13. The molecule has 454 valence electrons. The summed E-state index contributed by atoms with van der Waals surface area (Å²) in [5.41, 5.74) is 11.4. The number of nitrogens with two attached hydrogens (primary N) is 1. The Labute approximate surface area is 493 Å². The van der Waals surface area contributed by atoms with Gasteiger partial charge in [-0.1, -0.05) is 93.5 Å². The molecule has 1 aromatic carbocycles. The Bertz CT molecular complexity index is 2930. The number of nitrogens with zero attached hydrogens (tertiary/aromatic N) is 6. The van der Waals surface area contributed by atoms with Crippen LogP contribution in [0.25, 0.3) is 22.4 Å². The third-order valence-electron chi connectivity index (χ3n) is 17.3. The maximum atomic E-state index is 14.7. The number of aromatic nitrogens is 5. The monoisotopic (exact) mass is 1160 g/mol. The smallest absolute Gasteiger partial charge is 0.329 e. The number of esters is 1. The Balaban J connectivity index is 1.13. The predicted molar refractivity (Wildman–Crippen MR) is 313 cm³/mol. The Morgan fingerprint density at radius 3 is 2.35 bits per heavy atom. The van der Waals surface area contributed by atoms with Gasteiger partial charge in [-0.05, 0) is 113 Å². The molecule has 84 heavy (non-hydrogen) atoms. The van der Waals surface area contributed by atoms with Gasteiger partial charge in [0.05, 0.1) is 36.2 Å². The minimum Gasteiger partial charge on any atom is -0.459 e. The molecule has 3 aromatic rings. The zero-order valence-electron chi connectivity index (χ0n) is 49.8. The number of cyclic esters (lactones) is 1. The SMILES string of the molecule is C#CCOc1ncc(-c2cccc(-c3cnnn3[C@H]3CC[C@@H](C[C@@H](N)[C@@H]4CC(=O)[C@H](C)/C=C(\C)[C@@H](O)[C@@H](O)C(=O)[C@H](C)C[C@H](C)/C=C/C=C/C=C(\C)[C@@H](OC)C[C@@H]5CC[C@@H](C)[C@@](O)(O5)C(=O)C(=O)N5CCCC[C@H]5C(=O)O4)C[C@H]3OC)c2)cn1. The summed E-state index contributed by atoms with van der Waals surface area (Å²) in [7, 11) is 3.19. The zero-order valence-corrected chi connectivity index (χ0v) is 49.8. The molecular weight excluding hydrogens is 1070 g/mol. The first-order chi connectivity index (χ1) is 40.2. The van der Waals surface area contributed by atoms with Crippen molar-refractivity contribution in [3.8, 4) is 40.7 Å². The molecule has 0 spiro atoms. The maximum absolute atomic E-state index is 14.7. The molecule has 5 N–H and O–H groups in total. The third kappa shape index (κ3) is 16.0. The quantitative estimate of drug-likeness (QED) is 0.0701. The molecule has 3 aliphatic heterocycles. The van der Waals surface area contributed by atoms with Crippen LogP contribution < -0.4 is 10.5 Å². The summed E-state index contributed by atoms with van der Waals surface area (Å²) in [6.45, 7) is 10.4. The molecule has 3 fully saturated rings. The number of piperidine rings is 1. The van der Waals surface area contributed by atoms with Crippen molar-refractivity contribution in [2.75, 3.05) is 27.4 Å².